The van der Waals surface area contributed by atoms with E-state index in [-0.39, 0.29) is 11.5 Å². The Morgan fingerprint density at radius 1 is 1.12 bits per heavy atom. The highest BCUT2D eigenvalue weighted by molar-refractivity contribution is 6.05. The number of fused-ring (bicyclic) bond motifs is 1. The quantitative estimate of drug-likeness (QED) is 0.620. The van der Waals surface area contributed by atoms with Crippen LogP contribution in [0.3, 0.4) is 0 Å². The third-order valence-corrected chi connectivity index (χ3v) is 4.11. The number of carbonyl (C=O) groups is 1. The van der Waals surface area contributed by atoms with E-state index in [0.717, 1.165) is 10.9 Å². The highest BCUT2D eigenvalue weighted by Crippen LogP contribution is 2.21. The molecule has 0 aliphatic rings. The molecule has 0 atom stereocenters. The molecule has 2 heterocycles. The zero-order valence-corrected chi connectivity index (χ0v) is 13.5. The Bertz CT molecular complexity index is 1070. The lowest BCUT2D eigenvalue weighted by molar-refractivity contribution is 0.102. The molecule has 0 spiro atoms. The van der Waals surface area contributed by atoms with Crippen LogP contribution in [0, 0.1) is 5.82 Å². The number of hydrogen-bond acceptors (Lipinski definition) is 2. The SMILES string of the molecule is Cn1ccc2ccc(NC(=O)c3ccc(-n4cccn4)c(F)c3)cc21. The van der Waals surface area contributed by atoms with Crippen LogP contribution < -0.4 is 5.32 Å². The summed E-state index contributed by atoms with van der Waals surface area (Å²) in [5.41, 5.74) is 2.22. The Balaban J connectivity index is 1.59. The van der Waals surface area contributed by atoms with Crippen LogP contribution in [-0.4, -0.2) is 20.3 Å². The largest absolute Gasteiger partial charge is 0.350 e. The lowest BCUT2D eigenvalue weighted by Gasteiger charge is -2.08. The number of anilines is 1. The van der Waals surface area contributed by atoms with E-state index in [1.807, 2.05) is 42.1 Å². The molecule has 6 heteroatoms. The maximum Gasteiger partial charge on any atom is 0.255 e. The molecule has 0 bridgehead atoms. The number of aryl methyl sites for hydroxylation is 1. The first kappa shape index (κ1) is 15.1. The van der Waals surface area contributed by atoms with Crippen molar-refractivity contribution in [3.05, 3.63) is 78.5 Å². The third kappa shape index (κ3) is 2.78. The van der Waals surface area contributed by atoms with Crippen LogP contribution in [0.5, 0.6) is 0 Å². The molecule has 0 saturated carbocycles. The van der Waals surface area contributed by atoms with Gasteiger partial charge in [-0.2, -0.15) is 5.10 Å². The van der Waals surface area contributed by atoms with E-state index in [9.17, 15) is 9.18 Å². The first-order valence-electron chi connectivity index (χ1n) is 7.78. The van der Waals surface area contributed by atoms with Crippen molar-refractivity contribution in [2.45, 2.75) is 0 Å². The van der Waals surface area contributed by atoms with Gasteiger partial charge < -0.3 is 9.88 Å². The van der Waals surface area contributed by atoms with Crippen LogP contribution in [0.15, 0.2) is 67.1 Å². The maximum atomic E-state index is 14.3. The van der Waals surface area contributed by atoms with Crippen molar-refractivity contribution < 1.29 is 9.18 Å². The minimum absolute atomic E-state index is 0.250. The van der Waals surface area contributed by atoms with Crippen molar-refractivity contribution in [1.82, 2.24) is 14.3 Å². The molecule has 0 unspecified atom stereocenters. The molecule has 5 nitrogen and oxygen atoms in total. The first-order valence-corrected chi connectivity index (χ1v) is 7.78. The topological polar surface area (TPSA) is 51.9 Å². The van der Waals surface area contributed by atoms with Gasteiger partial charge in [0.15, 0.2) is 0 Å². The summed E-state index contributed by atoms with van der Waals surface area (Å²) >= 11 is 0. The third-order valence-electron chi connectivity index (χ3n) is 4.11. The number of rotatable bonds is 3. The Morgan fingerprint density at radius 3 is 2.76 bits per heavy atom. The van der Waals surface area contributed by atoms with Gasteiger partial charge in [-0.3, -0.25) is 4.79 Å². The Morgan fingerprint density at radius 2 is 2.00 bits per heavy atom. The number of amides is 1. The molecule has 2 aromatic carbocycles. The average Bonchev–Trinajstić information content (AvgIpc) is 3.25. The summed E-state index contributed by atoms with van der Waals surface area (Å²) in [4.78, 5) is 12.4. The minimum atomic E-state index is -0.505. The number of nitrogens with zero attached hydrogens (tertiary/aromatic N) is 3. The van der Waals surface area contributed by atoms with E-state index in [0.29, 0.717) is 11.4 Å². The Kier molecular flexibility index (Phi) is 3.57. The van der Waals surface area contributed by atoms with Crippen LogP contribution in [0.2, 0.25) is 0 Å². The second-order valence-electron chi connectivity index (χ2n) is 5.77. The molecule has 0 radical (unpaired) electrons. The lowest BCUT2D eigenvalue weighted by Crippen LogP contribution is -2.13. The highest BCUT2D eigenvalue weighted by Gasteiger charge is 2.12. The summed E-state index contributed by atoms with van der Waals surface area (Å²) in [6.07, 6.45) is 5.17. The van der Waals surface area contributed by atoms with Crippen molar-refractivity contribution in [2.75, 3.05) is 5.32 Å². The van der Waals surface area contributed by atoms with Gasteiger partial charge in [0.25, 0.3) is 5.91 Å². The summed E-state index contributed by atoms with van der Waals surface area (Å²) in [5.74, 6) is -0.867. The van der Waals surface area contributed by atoms with Crippen molar-refractivity contribution in [3.63, 3.8) is 0 Å². The smallest absolute Gasteiger partial charge is 0.255 e. The summed E-state index contributed by atoms with van der Waals surface area (Å²) in [6.45, 7) is 0. The van der Waals surface area contributed by atoms with Crippen LogP contribution in [0.25, 0.3) is 16.6 Å². The highest BCUT2D eigenvalue weighted by atomic mass is 19.1. The van der Waals surface area contributed by atoms with E-state index in [1.54, 1.807) is 24.5 Å². The zero-order valence-electron chi connectivity index (χ0n) is 13.5. The van der Waals surface area contributed by atoms with E-state index >= 15 is 0 Å². The maximum absolute atomic E-state index is 14.3. The van der Waals surface area contributed by atoms with Gasteiger partial charge in [0, 0.05) is 42.4 Å². The summed E-state index contributed by atoms with van der Waals surface area (Å²) < 4.78 is 17.7. The van der Waals surface area contributed by atoms with Gasteiger partial charge in [0.2, 0.25) is 0 Å². The standard InChI is InChI=1S/C19H15FN4O/c1-23-10-7-13-3-5-15(12-18(13)23)22-19(25)14-4-6-17(16(20)11-14)24-9-2-8-21-24/h2-12H,1H3,(H,22,25). The molecule has 124 valence electrons. The molecular weight excluding hydrogens is 319 g/mol. The number of halogens is 1. The van der Waals surface area contributed by atoms with Crippen LogP contribution in [-0.2, 0) is 7.05 Å². The van der Waals surface area contributed by atoms with Gasteiger partial charge in [-0.15, -0.1) is 0 Å². The van der Waals surface area contributed by atoms with Crippen LogP contribution in [0.1, 0.15) is 10.4 Å². The molecule has 0 aliphatic carbocycles. The average molecular weight is 334 g/mol. The lowest BCUT2D eigenvalue weighted by atomic mass is 10.1. The van der Waals surface area contributed by atoms with Gasteiger partial charge in [-0.1, -0.05) is 6.07 Å². The summed E-state index contributed by atoms with van der Waals surface area (Å²) in [5, 5.41) is 7.90. The number of aromatic nitrogens is 3. The molecule has 4 aromatic rings. The van der Waals surface area contributed by atoms with Gasteiger partial charge in [0.05, 0.1) is 0 Å². The molecule has 4 rings (SSSR count). The summed E-state index contributed by atoms with van der Waals surface area (Å²) in [7, 11) is 1.94. The van der Waals surface area contributed by atoms with Crippen molar-refractivity contribution in [3.8, 4) is 5.69 Å². The second-order valence-corrected chi connectivity index (χ2v) is 5.77. The second kappa shape index (κ2) is 5.90. The normalized spacial score (nSPS) is 11.0. The molecule has 25 heavy (non-hydrogen) atoms. The number of nitrogens with one attached hydrogen (secondary N) is 1. The molecular formula is C19H15FN4O. The number of carbonyl (C=O) groups excluding carboxylic acids is 1. The Hall–Kier alpha value is -3.41. The fraction of sp³-hybridized carbons (Fsp3) is 0.0526. The predicted octanol–water partition coefficient (Wildman–Crippen LogP) is 3.76. The van der Waals surface area contributed by atoms with Crippen molar-refractivity contribution in [1.29, 1.82) is 0 Å². The van der Waals surface area contributed by atoms with Crippen molar-refractivity contribution >= 4 is 22.5 Å². The first-order chi connectivity index (χ1) is 12.1. The molecule has 0 saturated heterocycles. The molecule has 1 N–H and O–H groups in total. The molecule has 1 amide bonds. The molecule has 0 aliphatic heterocycles. The summed E-state index contributed by atoms with van der Waals surface area (Å²) in [6, 6.07) is 13.7. The van der Waals surface area contributed by atoms with Gasteiger partial charge >= 0.3 is 0 Å². The van der Waals surface area contributed by atoms with E-state index in [2.05, 4.69) is 10.4 Å². The molecule has 2 aromatic heterocycles. The number of benzene rings is 2. The Labute approximate surface area is 143 Å². The van der Waals surface area contributed by atoms with E-state index < -0.39 is 5.82 Å². The predicted molar refractivity (Wildman–Crippen MR) is 94.4 cm³/mol. The number of hydrogen-bond donors (Lipinski definition) is 1. The fourth-order valence-corrected chi connectivity index (χ4v) is 2.79. The van der Waals surface area contributed by atoms with E-state index in [1.165, 1.54) is 16.8 Å². The van der Waals surface area contributed by atoms with Crippen molar-refractivity contribution in [2.24, 2.45) is 7.05 Å². The van der Waals surface area contributed by atoms with E-state index in [4.69, 9.17) is 0 Å². The fourth-order valence-electron chi connectivity index (χ4n) is 2.79. The van der Waals surface area contributed by atoms with Crippen LogP contribution >= 0.6 is 0 Å². The van der Waals surface area contributed by atoms with Gasteiger partial charge in [-0.05, 0) is 47.9 Å². The molecule has 0 fully saturated rings. The van der Waals surface area contributed by atoms with Gasteiger partial charge in [0.1, 0.15) is 11.5 Å². The zero-order chi connectivity index (χ0) is 17.4. The minimum Gasteiger partial charge on any atom is -0.350 e. The monoisotopic (exact) mass is 334 g/mol. The van der Waals surface area contributed by atoms with Gasteiger partial charge in [-0.25, -0.2) is 9.07 Å². The van der Waals surface area contributed by atoms with Crippen LogP contribution in [0.4, 0.5) is 10.1 Å².